The number of ether oxygens (including phenoxy) is 2. The van der Waals surface area contributed by atoms with E-state index in [0.29, 0.717) is 17.4 Å². The molecule has 10 heteroatoms. The standard InChI is InChI=1S/C54H92NO8P/c1-6-8-10-12-14-16-18-20-22-24-26-27-29-31-33-35-37-39-41-43-45-47-54(57)63-52(51-62-64(58,59)61-49-48-55(3,4)5)50-60-53(56)46-44-42-40-38-36-34-32-30-28-25-23-21-19-17-15-13-11-9-7-2/h8,10,14-17,20-23,26-27,31,33,37,39,52H,6-7,9,11-13,18-19,24-25,28-30,32,34-36,38,40-51H2,1-5H3/p+1/b10-8-,16-14-,17-15-,22-20-,23-21-,27-26-,33-31-,39-37-. The summed E-state index contributed by atoms with van der Waals surface area (Å²) in [5, 5.41) is 0. The summed E-state index contributed by atoms with van der Waals surface area (Å²) in [5.41, 5.74) is 0. The molecule has 9 nitrogen and oxygen atoms in total. The van der Waals surface area contributed by atoms with E-state index >= 15 is 0 Å². The van der Waals surface area contributed by atoms with E-state index in [4.69, 9.17) is 18.5 Å². The van der Waals surface area contributed by atoms with Crippen LogP contribution in [0, 0.1) is 0 Å². The molecule has 0 aliphatic carbocycles. The molecule has 366 valence electrons. The van der Waals surface area contributed by atoms with Crippen molar-refractivity contribution in [2.75, 3.05) is 47.5 Å². The molecule has 0 fully saturated rings. The lowest BCUT2D eigenvalue weighted by Gasteiger charge is -2.24. The molecule has 64 heavy (non-hydrogen) atoms. The maximum absolute atomic E-state index is 12.7. The Balaban J connectivity index is 4.39. The van der Waals surface area contributed by atoms with Crippen LogP contribution in [0.15, 0.2) is 97.2 Å². The smallest absolute Gasteiger partial charge is 0.462 e. The molecule has 1 N–H and O–H groups in total. The summed E-state index contributed by atoms with van der Waals surface area (Å²) in [6, 6.07) is 0. The van der Waals surface area contributed by atoms with E-state index in [-0.39, 0.29) is 32.0 Å². The normalized spacial score (nSPS) is 14.3. The molecule has 0 rings (SSSR count). The van der Waals surface area contributed by atoms with Crippen molar-refractivity contribution in [3.63, 3.8) is 0 Å². The molecule has 0 saturated heterocycles. The third kappa shape index (κ3) is 48.4. The molecular formula is C54H93NO8P+. The molecule has 0 aliphatic heterocycles. The van der Waals surface area contributed by atoms with Crippen molar-refractivity contribution >= 4 is 19.8 Å². The number of nitrogens with zero attached hydrogens (tertiary/aromatic N) is 1. The summed E-state index contributed by atoms with van der Waals surface area (Å²) in [5.74, 6) is -0.861. The number of hydrogen-bond donors (Lipinski definition) is 1. The minimum Gasteiger partial charge on any atom is -0.462 e. The van der Waals surface area contributed by atoms with Gasteiger partial charge in [-0.2, -0.15) is 0 Å². The van der Waals surface area contributed by atoms with Crippen LogP contribution in [-0.2, 0) is 32.7 Å². The lowest BCUT2D eigenvalue weighted by Crippen LogP contribution is -2.37. The van der Waals surface area contributed by atoms with Crippen molar-refractivity contribution in [3.8, 4) is 0 Å². The highest BCUT2D eigenvalue weighted by atomic mass is 31.2. The predicted octanol–water partition coefficient (Wildman–Crippen LogP) is 14.9. The zero-order valence-corrected chi connectivity index (χ0v) is 42.1. The van der Waals surface area contributed by atoms with Gasteiger partial charge in [-0.05, 0) is 96.3 Å². The first kappa shape index (κ1) is 60.9. The Labute approximate surface area is 392 Å². The average molecular weight is 915 g/mol. The van der Waals surface area contributed by atoms with Crippen LogP contribution in [-0.4, -0.2) is 74.9 Å². The van der Waals surface area contributed by atoms with Crippen molar-refractivity contribution < 1.29 is 42.1 Å². The number of rotatable bonds is 44. The number of allylic oxidation sites excluding steroid dienone is 16. The van der Waals surface area contributed by atoms with E-state index in [1.165, 1.54) is 57.8 Å². The van der Waals surface area contributed by atoms with Crippen LogP contribution < -0.4 is 0 Å². The number of phosphoric acid groups is 1. The van der Waals surface area contributed by atoms with Crippen LogP contribution in [0.1, 0.15) is 181 Å². The fourth-order valence-electron chi connectivity index (χ4n) is 6.22. The van der Waals surface area contributed by atoms with Crippen LogP contribution in [0.5, 0.6) is 0 Å². The van der Waals surface area contributed by atoms with Gasteiger partial charge >= 0.3 is 19.8 Å². The Hall–Kier alpha value is -3.07. The fourth-order valence-corrected chi connectivity index (χ4v) is 6.96. The second-order valence-corrected chi connectivity index (χ2v) is 18.9. The Morgan fingerprint density at radius 2 is 0.891 bits per heavy atom. The lowest BCUT2D eigenvalue weighted by atomic mass is 10.1. The molecule has 0 saturated carbocycles. The number of hydrogen-bond acceptors (Lipinski definition) is 7. The molecule has 0 aliphatic rings. The second kappa shape index (κ2) is 45.1. The average Bonchev–Trinajstić information content (AvgIpc) is 3.25. The Bertz CT molecular complexity index is 1400. The van der Waals surface area contributed by atoms with Gasteiger partial charge in [-0.3, -0.25) is 18.6 Å². The number of esters is 2. The number of carbonyl (C=O) groups is 2. The first-order valence-electron chi connectivity index (χ1n) is 25.0. The van der Waals surface area contributed by atoms with Gasteiger partial charge in [0.15, 0.2) is 6.10 Å². The van der Waals surface area contributed by atoms with Gasteiger partial charge in [0.2, 0.25) is 0 Å². The van der Waals surface area contributed by atoms with Crippen LogP contribution in [0.25, 0.3) is 0 Å². The maximum Gasteiger partial charge on any atom is 0.472 e. The molecule has 0 spiro atoms. The van der Waals surface area contributed by atoms with E-state index in [2.05, 4.69) is 111 Å². The van der Waals surface area contributed by atoms with Crippen molar-refractivity contribution in [3.05, 3.63) is 97.2 Å². The first-order chi connectivity index (χ1) is 31.0. The second-order valence-electron chi connectivity index (χ2n) is 17.5. The number of carbonyl (C=O) groups excluding carboxylic acids is 2. The molecule has 0 bridgehead atoms. The van der Waals surface area contributed by atoms with Gasteiger partial charge in [0.05, 0.1) is 27.7 Å². The Morgan fingerprint density at radius 3 is 1.36 bits per heavy atom. The van der Waals surface area contributed by atoms with Crippen LogP contribution in [0.2, 0.25) is 0 Å². The molecule has 0 aromatic rings. The summed E-state index contributed by atoms with van der Waals surface area (Å²) >= 11 is 0. The SMILES string of the molecule is CC/C=C\C/C=C\C/C=C\C/C=C\C/C=C\C/C=C\CCCCC(=O)OC(COC(=O)CCCCCCCCCCC/C=C\C/C=C\CCCCC)COP(=O)(O)OCC[N+](C)(C)C. The van der Waals surface area contributed by atoms with E-state index in [9.17, 15) is 19.0 Å². The highest BCUT2D eigenvalue weighted by Gasteiger charge is 2.27. The van der Waals surface area contributed by atoms with Crippen molar-refractivity contribution in [2.45, 2.75) is 187 Å². The number of unbranched alkanes of at least 4 members (excludes halogenated alkanes) is 14. The molecule has 0 aromatic heterocycles. The van der Waals surface area contributed by atoms with Gasteiger partial charge < -0.3 is 18.9 Å². The van der Waals surface area contributed by atoms with E-state index in [1.54, 1.807) is 0 Å². The van der Waals surface area contributed by atoms with E-state index < -0.39 is 26.5 Å². The molecule has 0 radical (unpaired) electrons. The third-order valence-electron chi connectivity index (χ3n) is 10.1. The van der Waals surface area contributed by atoms with Crippen LogP contribution >= 0.6 is 7.82 Å². The van der Waals surface area contributed by atoms with E-state index in [0.717, 1.165) is 89.9 Å². The molecular weight excluding hydrogens is 822 g/mol. The molecule has 0 amide bonds. The highest BCUT2D eigenvalue weighted by Crippen LogP contribution is 2.43. The summed E-state index contributed by atoms with van der Waals surface area (Å²) in [7, 11) is 1.43. The van der Waals surface area contributed by atoms with E-state index in [1.807, 2.05) is 21.1 Å². The van der Waals surface area contributed by atoms with Crippen LogP contribution in [0.3, 0.4) is 0 Å². The van der Waals surface area contributed by atoms with Gasteiger partial charge in [-0.15, -0.1) is 0 Å². The van der Waals surface area contributed by atoms with Gasteiger partial charge in [0, 0.05) is 12.8 Å². The predicted molar refractivity (Wildman–Crippen MR) is 270 cm³/mol. The highest BCUT2D eigenvalue weighted by molar-refractivity contribution is 7.47. The summed E-state index contributed by atoms with van der Waals surface area (Å²) in [6.07, 6.45) is 60.3. The summed E-state index contributed by atoms with van der Waals surface area (Å²) in [6.45, 7) is 4.22. The third-order valence-corrected chi connectivity index (χ3v) is 11.1. The minimum absolute atomic E-state index is 0.0169. The summed E-state index contributed by atoms with van der Waals surface area (Å²) in [4.78, 5) is 35.5. The molecule has 2 unspecified atom stereocenters. The zero-order chi connectivity index (χ0) is 47.1. The quantitative estimate of drug-likeness (QED) is 0.0212. The lowest BCUT2D eigenvalue weighted by molar-refractivity contribution is -0.870. The first-order valence-corrected chi connectivity index (χ1v) is 26.5. The fraction of sp³-hybridized carbons (Fsp3) is 0.667. The van der Waals surface area contributed by atoms with Gasteiger partial charge in [-0.1, -0.05) is 169 Å². The molecule has 0 aromatic carbocycles. The topological polar surface area (TPSA) is 108 Å². The maximum atomic E-state index is 12.7. The Morgan fingerprint density at radius 1 is 0.500 bits per heavy atom. The van der Waals surface area contributed by atoms with Gasteiger partial charge in [-0.25, -0.2) is 4.57 Å². The molecule has 0 heterocycles. The summed E-state index contributed by atoms with van der Waals surface area (Å²) < 4.78 is 34.4. The monoisotopic (exact) mass is 915 g/mol. The van der Waals surface area contributed by atoms with Crippen molar-refractivity contribution in [2.24, 2.45) is 0 Å². The van der Waals surface area contributed by atoms with Gasteiger partial charge in [0.25, 0.3) is 0 Å². The zero-order valence-electron chi connectivity index (χ0n) is 41.2. The minimum atomic E-state index is -4.40. The number of likely N-dealkylation sites (N-methyl/N-ethyl adjacent to an activating group) is 1. The van der Waals surface area contributed by atoms with Crippen LogP contribution in [0.4, 0.5) is 0 Å². The largest absolute Gasteiger partial charge is 0.472 e. The Kier molecular flexibility index (Phi) is 42.9. The van der Waals surface area contributed by atoms with Crippen molar-refractivity contribution in [1.82, 2.24) is 0 Å². The molecule has 2 atom stereocenters. The van der Waals surface area contributed by atoms with Gasteiger partial charge in [0.1, 0.15) is 19.8 Å². The number of phosphoric ester groups is 1. The van der Waals surface area contributed by atoms with Crippen molar-refractivity contribution in [1.29, 1.82) is 0 Å². The number of quaternary nitrogens is 1.